The first-order valence-electron chi connectivity index (χ1n) is 5.08. The van der Waals surface area contributed by atoms with Crippen molar-refractivity contribution in [1.82, 2.24) is 15.1 Å². The third kappa shape index (κ3) is 3.73. The fourth-order valence-corrected chi connectivity index (χ4v) is 1.46. The van der Waals surface area contributed by atoms with Crippen molar-refractivity contribution in [3.8, 4) is 0 Å². The number of carbonyl (C=O) groups excluding carboxylic acids is 1. The SMILES string of the molecule is Cc1cc(CC(=O)NC(C)(C)C)n(C)n1. The minimum atomic E-state index is -0.176. The third-order valence-electron chi connectivity index (χ3n) is 1.95. The maximum absolute atomic E-state index is 11.6. The molecule has 0 atom stereocenters. The molecule has 0 radical (unpaired) electrons. The van der Waals surface area contributed by atoms with Gasteiger partial charge in [0, 0.05) is 18.3 Å². The van der Waals surface area contributed by atoms with Gasteiger partial charge in [0.25, 0.3) is 0 Å². The first kappa shape index (κ1) is 11.8. The Morgan fingerprint density at radius 1 is 1.53 bits per heavy atom. The highest BCUT2D eigenvalue weighted by molar-refractivity contribution is 5.78. The number of amides is 1. The van der Waals surface area contributed by atoms with Gasteiger partial charge < -0.3 is 5.32 Å². The fourth-order valence-electron chi connectivity index (χ4n) is 1.46. The molecule has 0 bridgehead atoms. The van der Waals surface area contributed by atoms with Crippen LogP contribution in [0.4, 0.5) is 0 Å². The van der Waals surface area contributed by atoms with Crippen LogP contribution in [0.3, 0.4) is 0 Å². The van der Waals surface area contributed by atoms with Crippen LogP contribution in [0.5, 0.6) is 0 Å². The Morgan fingerprint density at radius 3 is 2.53 bits per heavy atom. The molecule has 0 aliphatic rings. The van der Waals surface area contributed by atoms with Crippen molar-refractivity contribution >= 4 is 5.91 Å². The molecule has 15 heavy (non-hydrogen) atoms. The summed E-state index contributed by atoms with van der Waals surface area (Å²) in [5, 5.41) is 7.12. The smallest absolute Gasteiger partial charge is 0.226 e. The average molecular weight is 209 g/mol. The predicted octanol–water partition coefficient (Wildman–Crippen LogP) is 1.19. The average Bonchev–Trinajstić information content (AvgIpc) is 2.25. The summed E-state index contributed by atoms with van der Waals surface area (Å²) in [4.78, 5) is 11.6. The van der Waals surface area contributed by atoms with Gasteiger partial charge in [0.1, 0.15) is 0 Å². The van der Waals surface area contributed by atoms with Gasteiger partial charge in [-0.15, -0.1) is 0 Å². The molecule has 84 valence electrons. The Bertz CT molecular complexity index is 360. The van der Waals surface area contributed by atoms with Crippen LogP contribution in [-0.4, -0.2) is 21.2 Å². The van der Waals surface area contributed by atoms with Gasteiger partial charge in [-0.05, 0) is 33.8 Å². The predicted molar refractivity (Wildman–Crippen MR) is 59.5 cm³/mol. The van der Waals surface area contributed by atoms with Crippen molar-refractivity contribution in [2.24, 2.45) is 7.05 Å². The van der Waals surface area contributed by atoms with Gasteiger partial charge in [-0.2, -0.15) is 5.10 Å². The Morgan fingerprint density at radius 2 is 2.13 bits per heavy atom. The van der Waals surface area contributed by atoms with Crippen molar-refractivity contribution < 1.29 is 4.79 Å². The summed E-state index contributed by atoms with van der Waals surface area (Å²) in [6, 6.07) is 1.93. The number of aromatic nitrogens is 2. The minimum Gasteiger partial charge on any atom is -0.351 e. The first-order chi connectivity index (χ1) is 6.78. The van der Waals surface area contributed by atoms with E-state index in [2.05, 4.69) is 10.4 Å². The molecule has 0 saturated heterocycles. The van der Waals surface area contributed by atoms with Crippen LogP contribution in [0.2, 0.25) is 0 Å². The highest BCUT2D eigenvalue weighted by Crippen LogP contribution is 2.04. The van der Waals surface area contributed by atoms with Crippen LogP contribution in [0.1, 0.15) is 32.2 Å². The molecule has 0 aromatic carbocycles. The molecule has 1 heterocycles. The van der Waals surface area contributed by atoms with Crippen LogP contribution in [0.25, 0.3) is 0 Å². The summed E-state index contributed by atoms with van der Waals surface area (Å²) in [6.45, 7) is 7.84. The number of nitrogens with one attached hydrogen (secondary N) is 1. The van der Waals surface area contributed by atoms with Crippen LogP contribution in [0.15, 0.2) is 6.07 Å². The standard InChI is InChI=1S/C11H19N3O/c1-8-6-9(14(5)13-8)7-10(15)12-11(2,3)4/h6H,7H2,1-5H3,(H,12,15). The summed E-state index contributed by atoms with van der Waals surface area (Å²) in [6.07, 6.45) is 0.384. The second-order valence-electron chi connectivity index (χ2n) is 4.88. The fraction of sp³-hybridized carbons (Fsp3) is 0.636. The lowest BCUT2D eigenvalue weighted by molar-refractivity contribution is -0.121. The topological polar surface area (TPSA) is 46.9 Å². The van der Waals surface area contributed by atoms with E-state index in [1.165, 1.54) is 0 Å². The van der Waals surface area contributed by atoms with E-state index in [-0.39, 0.29) is 11.4 Å². The molecule has 1 amide bonds. The Kier molecular flexibility index (Phi) is 3.17. The molecule has 0 unspecified atom stereocenters. The van der Waals surface area contributed by atoms with Gasteiger partial charge in [0.05, 0.1) is 12.1 Å². The number of nitrogens with zero attached hydrogens (tertiary/aromatic N) is 2. The van der Waals surface area contributed by atoms with Crippen LogP contribution >= 0.6 is 0 Å². The molecule has 0 saturated carbocycles. The zero-order valence-corrected chi connectivity index (χ0v) is 10.1. The van der Waals surface area contributed by atoms with Gasteiger partial charge in [0.15, 0.2) is 0 Å². The largest absolute Gasteiger partial charge is 0.351 e. The first-order valence-corrected chi connectivity index (χ1v) is 5.08. The zero-order chi connectivity index (χ0) is 11.6. The number of rotatable bonds is 2. The van der Waals surface area contributed by atoms with Crippen LogP contribution in [-0.2, 0) is 18.3 Å². The summed E-state index contributed by atoms with van der Waals surface area (Å²) in [5.74, 6) is 0.0329. The maximum atomic E-state index is 11.6. The Hall–Kier alpha value is -1.32. The van der Waals surface area contributed by atoms with Gasteiger partial charge in [-0.1, -0.05) is 0 Å². The second-order valence-corrected chi connectivity index (χ2v) is 4.88. The molecule has 1 N–H and O–H groups in total. The van der Waals surface area contributed by atoms with Gasteiger partial charge in [-0.3, -0.25) is 9.48 Å². The quantitative estimate of drug-likeness (QED) is 0.795. The molecular formula is C11H19N3O. The van der Waals surface area contributed by atoms with E-state index in [9.17, 15) is 4.79 Å². The lowest BCUT2D eigenvalue weighted by Gasteiger charge is -2.20. The lowest BCUT2D eigenvalue weighted by atomic mass is 10.1. The van der Waals surface area contributed by atoms with Crippen molar-refractivity contribution in [3.05, 3.63) is 17.5 Å². The molecule has 0 aliphatic heterocycles. The van der Waals surface area contributed by atoms with E-state index in [1.54, 1.807) is 4.68 Å². The van der Waals surface area contributed by atoms with Gasteiger partial charge >= 0.3 is 0 Å². The second kappa shape index (κ2) is 4.04. The number of aryl methyl sites for hydroxylation is 2. The van der Waals surface area contributed by atoms with E-state index >= 15 is 0 Å². The number of hydrogen-bond donors (Lipinski definition) is 1. The Labute approximate surface area is 90.7 Å². The van der Waals surface area contributed by atoms with Crippen molar-refractivity contribution in [2.45, 2.75) is 39.7 Å². The number of hydrogen-bond acceptors (Lipinski definition) is 2. The highest BCUT2D eigenvalue weighted by Gasteiger charge is 2.15. The highest BCUT2D eigenvalue weighted by atomic mass is 16.1. The summed E-state index contributed by atoms with van der Waals surface area (Å²) in [5.41, 5.74) is 1.70. The van der Waals surface area contributed by atoms with Crippen molar-refractivity contribution in [3.63, 3.8) is 0 Å². The molecular weight excluding hydrogens is 190 g/mol. The van der Waals surface area contributed by atoms with E-state index in [4.69, 9.17) is 0 Å². The molecule has 0 spiro atoms. The Balaban J connectivity index is 2.63. The molecule has 1 aromatic heterocycles. The van der Waals surface area contributed by atoms with Crippen LogP contribution < -0.4 is 5.32 Å². The normalized spacial score (nSPS) is 11.5. The summed E-state index contributed by atoms with van der Waals surface area (Å²) < 4.78 is 1.75. The zero-order valence-electron chi connectivity index (χ0n) is 10.1. The van der Waals surface area contributed by atoms with Crippen molar-refractivity contribution in [2.75, 3.05) is 0 Å². The lowest BCUT2D eigenvalue weighted by Crippen LogP contribution is -2.41. The number of carbonyl (C=O) groups is 1. The minimum absolute atomic E-state index is 0.0329. The molecule has 0 aliphatic carbocycles. The summed E-state index contributed by atoms with van der Waals surface area (Å²) in [7, 11) is 1.85. The molecule has 1 rings (SSSR count). The summed E-state index contributed by atoms with van der Waals surface area (Å²) >= 11 is 0. The van der Waals surface area contributed by atoms with E-state index in [1.807, 2.05) is 40.8 Å². The van der Waals surface area contributed by atoms with Crippen molar-refractivity contribution in [1.29, 1.82) is 0 Å². The molecule has 4 nitrogen and oxygen atoms in total. The third-order valence-corrected chi connectivity index (χ3v) is 1.95. The van der Waals surface area contributed by atoms with E-state index in [0.717, 1.165) is 11.4 Å². The molecule has 1 aromatic rings. The van der Waals surface area contributed by atoms with E-state index < -0.39 is 0 Å². The van der Waals surface area contributed by atoms with E-state index in [0.29, 0.717) is 6.42 Å². The van der Waals surface area contributed by atoms with Gasteiger partial charge in [0.2, 0.25) is 5.91 Å². The van der Waals surface area contributed by atoms with Crippen LogP contribution in [0, 0.1) is 6.92 Å². The molecule has 0 fully saturated rings. The van der Waals surface area contributed by atoms with Gasteiger partial charge in [-0.25, -0.2) is 0 Å². The molecule has 4 heteroatoms. The maximum Gasteiger partial charge on any atom is 0.226 e. The monoisotopic (exact) mass is 209 g/mol.